The molecule has 1 aromatic heterocycles. The fourth-order valence-electron chi connectivity index (χ4n) is 2.91. The van der Waals surface area contributed by atoms with Gasteiger partial charge in [0, 0.05) is 19.6 Å². The van der Waals surface area contributed by atoms with Gasteiger partial charge in [0.05, 0.1) is 24.2 Å². The van der Waals surface area contributed by atoms with Gasteiger partial charge in [0.25, 0.3) is 0 Å². The Morgan fingerprint density at radius 3 is 2.65 bits per heavy atom. The lowest BCUT2D eigenvalue weighted by atomic mass is 10.2. The number of imide groups is 1. The van der Waals surface area contributed by atoms with Crippen LogP contribution in [0.3, 0.4) is 0 Å². The van der Waals surface area contributed by atoms with Crippen LogP contribution >= 0.6 is 11.8 Å². The number of rotatable bonds is 7. The van der Waals surface area contributed by atoms with E-state index in [9.17, 15) is 14.0 Å². The van der Waals surface area contributed by atoms with E-state index in [1.807, 2.05) is 18.7 Å². The molecule has 1 aliphatic rings. The summed E-state index contributed by atoms with van der Waals surface area (Å²) in [6.07, 6.45) is 0. The predicted octanol–water partition coefficient (Wildman–Crippen LogP) is 2.21. The number of anilines is 1. The van der Waals surface area contributed by atoms with Gasteiger partial charge < -0.3 is 15.0 Å². The molecular formula is C20H27FN6O3S. The zero-order valence-corrected chi connectivity index (χ0v) is 18.6. The van der Waals surface area contributed by atoms with Crippen LogP contribution < -0.4 is 15.5 Å². The molecule has 2 heterocycles. The minimum absolute atomic E-state index is 0.274. The Bertz CT molecular complexity index is 916. The number of aromatic nitrogens is 3. The normalized spacial score (nSPS) is 15.1. The molecule has 0 radical (unpaired) electrons. The largest absolute Gasteiger partial charge is 0.378 e. The molecule has 0 aliphatic carbocycles. The summed E-state index contributed by atoms with van der Waals surface area (Å²) >= 11 is 1.15. The molecule has 0 bridgehead atoms. The molecule has 0 saturated carbocycles. The van der Waals surface area contributed by atoms with Crippen LogP contribution in [0, 0.1) is 11.7 Å². The maximum atomic E-state index is 13.9. The van der Waals surface area contributed by atoms with Crippen LogP contribution in [0.2, 0.25) is 0 Å². The summed E-state index contributed by atoms with van der Waals surface area (Å²) in [5.41, 5.74) is 0.552. The first kappa shape index (κ1) is 23.0. The number of morpholine rings is 1. The fraction of sp³-hybridized carbons (Fsp3) is 0.500. The van der Waals surface area contributed by atoms with E-state index in [2.05, 4.69) is 20.8 Å². The highest BCUT2D eigenvalue weighted by Crippen LogP contribution is 2.30. The standard InChI is InChI=1S/C20H27FN6O3S/c1-13(2)12-22-18(29)23-17(28)14(3)31-20-25-24-19(26-7-9-30-10-8-26)27(20)16-6-4-5-15(21)11-16/h4-6,11,13-14H,7-10,12H2,1-3H3,(H2,22,23,28,29). The van der Waals surface area contributed by atoms with Crippen molar-refractivity contribution in [1.82, 2.24) is 25.4 Å². The summed E-state index contributed by atoms with van der Waals surface area (Å²) in [5.74, 6) is -0.00886. The van der Waals surface area contributed by atoms with Crippen molar-refractivity contribution in [3.05, 3.63) is 30.1 Å². The van der Waals surface area contributed by atoms with Gasteiger partial charge in [-0.15, -0.1) is 10.2 Å². The Morgan fingerprint density at radius 1 is 1.23 bits per heavy atom. The Labute approximate surface area is 184 Å². The van der Waals surface area contributed by atoms with Crippen molar-refractivity contribution in [3.8, 4) is 5.69 Å². The van der Waals surface area contributed by atoms with Gasteiger partial charge in [-0.2, -0.15) is 0 Å². The number of ether oxygens (including phenoxy) is 1. The van der Waals surface area contributed by atoms with Crippen molar-refractivity contribution < 1.29 is 18.7 Å². The van der Waals surface area contributed by atoms with Crippen LogP contribution in [0.15, 0.2) is 29.4 Å². The van der Waals surface area contributed by atoms with Gasteiger partial charge in [0.15, 0.2) is 5.16 Å². The molecule has 9 nitrogen and oxygen atoms in total. The first-order valence-electron chi connectivity index (χ1n) is 10.1. The molecule has 1 atom stereocenters. The molecule has 31 heavy (non-hydrogen) atoms. The minimum atomic E-state index is -0.626. The molecule has 2 N–H and O–H groups in total. The number of carbonyl (C=O) groups is 2. The quantitative estimate of drug-likeness (QED) is 0.624. The molecule has 3 rings (SSSR count). The number of nitrogens with one attached hydrogen (secondary N) is 2. The lowest BCUT2D eigenvalue weighted by Crippen LogP contribution is -2.43. The van der Waals surface area contributed by atoms with Crippen LogP contribution in [0.25, 0.3) is 5.69 Å². The van der Waals surface area contributed by atoms with Gasteiger partial charge in [-0.25, -0.2) is 9.18 Å². The highest BCUT2D eigenvalue weighted by atomic mass is 32.2. The summed E-state index contributed by atoms with van der Waals surface area (Å²) in [6.45, 7) is 8.45. The van der Waals surface area contributed by atoms with Gasteiger partial charge >= 0.3 is 6.03 Å². The second-order valence-corrected chi connectivity index (χ2v) is 8.86. The first-order chi connectivity index (χ1) is 14.8. The van der Waals surface area contributed by atoms with E-state index in [1.54, 1.807) is 23.6 Å². The van der Waals surface area contributed by atoms with E-state index >= 15 is 0 Å². The van der Waals surface area contributed by atoms with Crippen LogP contribution in [0.4, 0.5) is 15.1 Å². The van der Waals surface area contributed by atoms with Crippen molar-refractivity contribution in [2.45, 2.75) is 31.2 Å². The third kappa shape index (κ3) is 6.17. The number of thioether (sulfide) groups is 1. The Balaban J connectivity index is 1.79. The molecule has 1 aromatic carbocycles. The summed E-state index contributed by atoms with van der Waals surface area (Å²) in [7, 11) is 0. The average Bonchev–Trinajstić information content (AvgIpc) is 3.16. The second-order valence-electron chi connectivity index (χ2n) is 7.55. The van der Waals surface area contributed by atoms with Crippen molar-refractivity contribution in [2.75, 3.05) is 37.7 Å². The van der Waals surface area contributed by atoms with Gasteiger partial charge in [0.1, 0.15) is 5.82 Å². The minimum Gasteiger partial charge on any atom is -0.378 e. The third-order valence-electron chi connectivity index (χ3n) is 4.54. The summed E-state index contributed by atoms with van der Waals surface area (Å²) in [4.78, 5) is 26.4. The van der Waals surface area contributed by atoms with E-state index < -0.39 is 17.2 Å². The van der Waals surface area contributed by atoms with Crippen molar-refractivity contribution >= 4 is 29.6 Å². The number of hydrogen-bond donors (Lipinski definition) is 2. The summed E-state index contributed by atoms with van der Waals surface area (Å²) in [5, 5.41) is 13.3. The van der Waals surface area contributed by atoms with Gasteiger partial charge in [0.2, 0.25) is 11.9 Å². The van der Waals surface area contributed by atoms with Crippen LogP contribution in [-0.4, -0.2) is 64.8 Å². The number of benzene rings is 1. The van der Waals surface area contributed by atoms with Crippen LogP contribution in [-0.2, 0) is 9.53 Å². The fourth-order valence-corrected chi connectivity index (χ4v) is 3.78. The van der Waals surface area contributed by atoms with E-state index in [4.69, 9.17) is 4.74 Å². The van der Waals surface area contributed by atoms with Crippen LogP contribution in [0.5, 0.6) is 0 Å². The molecule has 2 aromatic rings. The molecule has 1 aliphatic heterocycles. The topological polar surface area (TPSA) is 101 Å². The monoisotopic (exact) mass is 450 g/mol. The lowest BCUT2D eigenvalue weighted by Gasteiger charge is -2.28. The third-order valence-corrected chi connectivity index (χ3v) is 5.58. The highest BCUT2D eigenvalue weighted by molar-refractivity contribution is 8.00. The Kier molecular flexibility index (Phi) is 7.85. The molecule has 1 unspecified atom stereocenters. The molecule has 1 fully saturated rings. The number of nitrogens with zero attached hydrogens (tertiary/aromatic N) is 4. The van der Waals surface area contributed by atoms with Crippen LogP contribution in [0.1, 0.15) is 20.8 Å². The lowest BCUT2D eigenvalue weighted by molar-refractivity contribution is -0.119. The molecule has 1 saturated heterocycles. The Morgan fingerprint density at radius 2 is 1.97 bits per heavy atom. The first-order valence-corrected chi connectivity index (χ1v) is 11.0. The number of hydrogen-bond acceptors (Lipinski definition) is 7. The molecule has 0 spiro atoms. The molecule has 168 valence electrons. The number of amides is 3. The van der Waals surface area contributed by atoms with Gasteiger partial charge in [-0.3, -0.25) is 14.7 Å². The van der Waals surface area contributed by atoms with Crippen molar-refractivity contribution in [1.29, 1.82) is 0 Å². The maximum Gasteiger partial charge on any atom is 0.321 e. The highest BCUT2D eigenvalue weighted by Gasteiger charge is 2.25. The van der Waals surface area contributed by atoms with Gasteiger partial charge in [-0.05, 0) is 31.0 Å². The molecular weight excluding hydrogens is 423 g/mol. The average molecular weight is 451 g/mol. The molecule has 3 amide bonds. The zero-order valence-electron chi connectivity index (χ0n) is 17.8. The van der Waals surface area contributed by atoms with E-state index in [-0.39, 0.29) is 11.7 Å². The van der Waals surface area contributed by atoms with Gasteiger partial charge in [-0.1, -0.05) is 31.7 Å². The van der Waals surface area contributed by atoms with E-state index in [1.165, 1.54) is 12.1 Å². The van der Waals surface area contributed by atoms with E-state index in [0.29, 0.717) is 49.6 Å². The van der Waals surface area contributed by atoms with Crippen molar-refractivity contribution in [2.24, 2.45) is 5.92 Å². The second kappa shape index (κ2) is 10.6. The Hall–Kier alpha value is -2.66. The zero-order chi connectivity index (χ0) is 22.4. The number of halogens is 1. The van der Waals surface area contributed by atoms with Crippen molar-refractivity contribution in [3.63, 3.8) is 0 Å². The number of carbonyl (C=O) groups excluding carboxylic acids is 2. The smallest absolute Gasteiger partial charge is 0.321 e. The number of urea groups is 1. The summed E-state index contributed by atoms with van der Waals surface area (Å²) in [6, 6.07) is 5.58. The maximum absolute atomic E-state index is 13.9. The SMILES string of the molecule is CC(C)CNC(=O)NC(=O)C(C)Sc1nnc(N2CCOCC2)n1-c1cccc(F)c1. The summed E-state index contributed by atoms with van der Waals surface area (Å²) < 4.78 is 21.1. The molecule has 11 heteroatoms. The van der Waals surface area contributed by atoms with E-state index in [0.717, 1.165) is 11.8 Å². The predicted molar refractivity (Wildman–Crippen MR) is 116 cm³/mol.